The average Bonchev–Trinajstić information content (AvgIpc) is 3.12. The molecule has 0 aliphatic rings. The summed E-state index contributed by atoms with van der Waals surface area (Å²) >= 11 is 12.9. The van der Waals surface area contributed by atoms with Gasteiger partial charge in [-0.3, -0.25) is 4.79 Å². The second-order valence-electron chi connectivity index (χ2n) is 7.29. The fourth-order valence-corrected chi connectivity index (χ4v) is 4.19. The highest BCUT2D eigenvalue weighted by atomic mass is 35.5. The van der Waals surface area contributed by atoms with E-state index in [-0.39, 0.29) is 12.3 Å². The predicted molar refractivity (Wildman–Crippen MR) is 125 cm³/mol. The molecule has 0 fully saturated rings. The monoisotopic (exact) mass is 453 g/mol. The lowest BCUT2D eigenvalue weighted by atomic mass is 10.0. The standard InChI is InChI=1S/C24H21Cl2N3O2/c25-19-9-6-10-20(26)18(19)15-29-22-12-5-4-11-21(22)28-24(29)16(13-23(30)31)14-27-17-7-2-1-3-8-17/h1-12,16,27H,13-15H2,(H,30,31)/t16-/m0/s1. The largest absolute Gasteiger partial charge is 0.481 e. The molecule has 1 atom stereocenters. The molecule has 1 heterocycles. The number of carboxylic acid groups (broad SMARTS) is 1. The maximum atomic E-state index is 11.7. The number of nitrogens with zero attached hydrogens (tertiary/aromatic N) is 2. The topological polar surface area (TPSA) is 67.2 Å². The smallest absolute Gasteiger partial charge is 0.304 e. The Bertz CT molecular complexity index is 1190. The van der Waals surface area contributed by atoms with Gasteiger partial charge in [-0.2, -0.15) is 0 Å². The summed E-state index contributed by atoms with van der Waals surface area (Å²) < 4.78 is 2.02. The molecular weight excluding hydrogens is 433 g/mol. The summed E-state index contributed by atoms with van der Waals surface area (Å²) in [6, 6.07) is 22.9. The zero-order valence-electron chi connectivity index (χ0n) is 16.6. The van der Waals surface area contributed by atoms with Gasteiger partial charge in [-0.25, -0.2) is 4.98 Å². The van der Waals surface area contributed by atoms with Crippen LogP contribution in [0.5, 0.6) is 0 Å². The van der Waals surface area contributed by atoms with Crippen LogP contribution < -0.4 is 5.32 Å². The third-order valence-corrected chi connectivity index (χ3v) is 5.88. The maximum Gasteiger partial charge on any atom is 0.304 e. The molecule has 3 aromatic carbocycles. The van der Waals surface area contributed by atoms with Gasteiger partial charge < -0.3 is 15.0 Å². The number of rotatable bonds is 8. The van der Waals surface area contributed by atoms with Crippen LogP contribution in [0.3, 0.4) is 0 Å². The molecule has 0 amide bonds. The van der Waals surface area contributed by atoms with Crippen molar-refractivity contribution in [3.8, 4) is 0 Å². The maximum absolute atomic E-state index is 11.7. The Balaban J connectivity index is 1.76. The molecule has 31 heavy (non-hydrogen) atoms. The number of hydrogen-bond donors (Lipinski definition) is 2. The summed E-state index contributed by atoms with van der Waals surface area (Å²) in [6.45, 7) is 0.825. The number of nitrogens with one attached hydrogen (secondary N) is 1. The van der Waals surface area contributed by atoms with Gasteiger partial charge in [0.2, 0.25) is 0 Å². The molecule has 0 aliphatic heterocycles. The second kappa shape index (κ2) is 9.41. The number of carboxylic acids is 1. The van der Waals surface area contributed by atoms with Gasteiger partial charge in [-0.05, 0) is 36.4 Å². The summed E-state index contributed by atoms with van der Waals surface area (Å²) in [5.74, 6) is -0.552. The average molecular weight is 454 g/mol. The lowest BCUT2D eigenvalue weighted by molar-refractivity contribution is -0.137. The van der Waals surface area contributed by atoms with Crippen molar-refractivity contribution in [2.45, 2.75) is 18.9 Å². The van der Waals surface area contributed by atoms with E-state index in [1.807, 2.05) is 59.2 Å². The van der Waals surface area contributed by atoms with E-state index in [2.05, 4.69) is 5.32 Å². The van der Waals surface area contributed by atoms with Gasteiger partial charge >= 0.3 is 5.97 Å². The van der Waals surface area contributed by atoms with Gasteiger partial charge in [0.15, 0.2) is 0 Å². The quantitative estimate of drug-likeness (QED) is 0.340. The number of fused-ring (bicyclic) bond motifs is 1. The SMILES string of the molecule is O=C(O)C[C@@H](CNc1ccccc1)c1nc2ccccc2n1Cc1c(Cl)cccc1Cl. The molecule has 0 unspecified atom stereocenters. The highest BCUT2D eigenvalue weighted by Crippen LogP contribution is 2.30. The van der Waals surface area contributed by atoms with E-state index in [1.165, 1.54) is 0 Å². The third kappa shape index (κ3) is 4.84. The Labute approximate surface area is 190 Å². The zero-order valence-corrected chi connectivity index (χ0v) is 18.1. The van der Waals surface area contributed by atoms with Crippen molar-refractivity contribution in [3.63, 3.8) is 0 Å². The van der Waals surface area contributed by atoms with E-state index < -0.39 is 5.97 Å². The number of aliphatic carboxylic acids is 1. The van der Waals surface area contributed by atoms with Crippen molar-refractivity contribution >= 4 is 45.9 Å². The number of imidazole rings is 1. The molecule has 0 aliphatic carbocycles. The molecule has 2 N–H and O–H groups in total. The summed E-state index contributed by atoms with van der Waals surface area (Å²) in [4.78, 5) is 16.5. The minimum absolute atomic E-state index is 0.0561. The van der Waals surface area contributed by atoms with Crippen LogP contribution in [0.25, 0.3) is 11.0 Å². The Morgan fingerprint density at radius 2 is 1.65 bits per heavy atom. The minimum atomic E-state index is -0.880. The van der Waals surface area contributed by atoms with E-state index in [1.54, 1.807) is 18.2 Å². The van der Waals surface area contributed by atoms with Crippen LogP contribution in [0, 0.1) is 0 Å². The summed E-state index contributed by atoms with van der Waals surface area (Å²) in [5.41, 5.74) is 3.41. The van der Waals surface area contributed by atoms with Crippen molar-refractivity contribution < 1.29 is 9.90 Å². The molecule has 0 saturated carbocycles. The summed E-state index contributed by atoms with van der Waals surface area (Å²) in [5, 5.41) is 14.0. The van der Waals surface area contributed by atoms with Gasteiger partial charge in [0, 0.05) is 33.8 Å². The summed E-state index contributed by atoms with van der Waals surface area (Å²) in [6.07, 6.45) is -0.0561. The first-order valence-electron chi connectivity index (χ1n) is 9.91. The number of anilines is 1. The van der Waals surface area contributed by atoms with E-state index in [0.717, 1.165) is 22.3 Å². The number of carbonyl (C=O) groups is 1. The first-order valence-corrected chi connectivity index (χ1v) is 10.7. The molecule has 7 heteroatoms. The molecule has 0 saturated heterocycles. The van der Waals surface area contributed by atoms with Crippen LogP contribution in [0.4, 0.5) is 5.69 Å². The molecular formula is C24H21Cl2N3O2. The van der Waals surface area contributed by atoms with E-state index in [9.17, 15) is 9.90 Å². The highest BCUT2D eigenvalue weighted by Gasteiger charge is 2.24. The molecule has 4 rings (SSSR count). The van der Waals surface area contributed by atoms with Crippen molar-refractivity contribution in [2.24, 2.45) is 0 Å². The molecule has 0 radical (unpaired) electrons. The Kier molecular flexibility index (Phi) is 6.44. The van der Waals surface area contributed by atoms with E-state index in [4.69, 9.17) is 28.2 Å². The first-order chi connectivity index (χ1) is 15.0. The molecule has 5 nitrogen and oxygen atoms in total. The number of halogens is 2. The van der Waals surface area contributed by atoms with Gasteiger partial charge in [-0.1, -0.05) is 59.6 Å². The van der Waals surface area contributed by atoms with E-state index in [0.29, 0.717) is 29.0 Å². The summed E-state index contributed by atoms with van der Waals surface area (Å²) in [7, 11) is 0. The minimum Gasteiger partial charge on any atom is -0.481 e. The Morgan fingerprint density at radius 3 is 2.35 bits per heavy atom. The number of aromatic nitrogens is 2. The number of hydrogen-bond acceptors (Lipinski definition) is 3. The Hall–Kier alpha value is -3.02. The first kappa shape index (κ1) is 21.2. The number of benzene rings is 3. The lowest BCUT2D eigenvalue weighted by Crippen LogP contribution is -2.21. The van der Waals surface area contributed by atoms with E-state index >= 15 is 0 Å². The van der Waals surface area contributed by atoms with Crippen LogP contribution >= 0.6 is 23.2 Å². The molecule has 1 aromatic heterocycles. The molecule has 158 valence electrons. The van der Waals surface area contributed by atoms with Gasteiger partial charge in [-0.15, -0.1) is 0 Å². The lowest BCUT2D eigenvalue weighted by Gasteiger charge is -2.19. The van der Waals surface area contributed by atoms with Gasteiger partial charge in [0.1, 0.15) is 5.82 Å². The molecule has 0 bridgehead atoms. The van der Waals surface area contributed by atoms with Gasteiger partial charge in [0.05, 0.1) is 24.0 Å². The zero-order chi connectivity index (χ0) is 21.8. The van der Waals surface area contributed by atoms with Crippen LogP contribution in [0.15, 0.2) is 72.8 Å². The van der Waals surface area contributed by atoms with Crippen molar-refractivity contribution in [1.29, 1.82) is 0 Å². The van der Waals surface area contributed by atoms with Crippen molar-refractivity contribution in [2.75, 3.05) is 11.9 Å². The van der Waals surface area contributed by atoms with Crippen molar-refractivity contribution in [1.82, 2.24) is 9.55 Å². The fourth-order valence-electron chi connectivity index (χ4n) is 3.68. The predicted octanol–water partition coefficient (Wildman–Crippen LogP) is 6.06. The Morgan fingerprint density at radius 1 is 0.968 bits per heavy atom. The third-order valence-electron chi connectivity index (χ3n) is 5.17. The fraction of sp³-hybridized carbons (Fsp3) is 0.167. The molecule has 0 spiro atoms. The van der Waals surface area contributed by atoms with Crippen LogP contribution in [-0.2, 0) is 11.3 Å². The van der Waals surface area contributed by atoms with Crippen LogP contribution in [0.1, 0.15) is 23.7 Å². The van der Waals surface area contributed by atoms with Crippen LogP contribution in [-0.4, -0.2) is 27.2 Å². The van der Waals surface area contributed by atoms with Gasteiger partial charge in [0.25, 0.3) is 0 Å². The van der Waals surface area contributed by atoms with Crippen LogP contribution in [0.2, 0.25) is 10.0 Å². The number of para-hydroxylation sites is 3. The second-order valence-corrected chi connectivity index (χ2v) is 8.10. The normalized spacial score (nSPS) is 12.1. The highest BCUT2D eigenvalue weighted by molar-refractivity contribution is 6.36. The molecule has 4 aromatic rings. The van der Waals surface area contributed by atoms with Crippen molar-refractivity contribution in [3.05, 3.63) is 94.2 Å².